The van der Waals surface area contributed by atoms with Crippen LogP contribution in [0.3, 0.4) is 0 Å². The number of benzodiazepines with no additional fused rings is 1. The Kier molecular flexibility index (Phi) is 6.43. The number of fused-ring (bicyclic) bond motifs is 1. The molecule has 2 aromatic carbocycles. The third-order valence-electron chi connectivity index (χ3n) is 3.95. The van der Waals surface area contributed by atoms with Gasteiger partial charge in [0.05, 0.1) is 22.3 Å². The van der Waals surface area contributed by atoms with Crippen LogP contribution in [0.5, 0.6) is 0 Å². The number of anilines is 1. The molecule has 0 unspecified atom stereocenters. The van der Waals surface area contributed by atoms with Gasteiger partial charge in [0.15, 0.2) is 5.82 Å². The van der Waals surface area contributed by atoms with Gasteiger partial charge in [0.25, 0.3) is 0 Å². The van der Waals surface area contributed by atoms with Crippen molar-refractivity contribution in [1.29, 1.82) is 0 Å². The molecule has 0 radical (unpaired) electrons. The number of nitrogens with zero attached hydrogens (tertiary/aromatic N) is 2. The van der Waals surface area contributed by atoms with Gasteiger partial charge in [-0.1, -0.05) is 59.1 Å². The highest BCUT2D eigenvalue weighted by Gasteiger charge is 2.22. The van der Waals surface area contributed by atoms with Gasteiger partial charge >= 0.3 is 0 Å². The molecular formula is C21H18Cl2FN3. The van der Waals surface area contributed by atoms with Crippen molar-refractivity contribution in [2.75, 3.05) is 18.4 Å². The molecule has 3 nitrogen and oxygen atoms in total. The van der Waals surface area contributed by atoms with E-state index in [2.05, 4.69) is 34.3 Å². The number of aromatic nitrogens is 1. The number of hydrogen-bond acceptors (Lipinski definition) is 3. The molecule has 1 aliphatic heterocycles. The summed E-state index contributed by atoms with van der Waals surface area (Å²) < 4.78 is 14.0. The SMILES string of the molecule is Cc1ccccc1.Fc1cccnc1C1=NCCNc2ccc(Cl)c(Cl)c21. The number of pyridine rings is 1. The number of aliphatic imine (C=N–C) groups is 1. The van der Waals surface area contributed by atoms with E-state index in [4.69, 9.17) is 23.2 Å². The van der Waals surface area contributed by atoms with Crippen LogP contribution in [0.1, 0.15) is 16.8 Å². The molecule has 0 fully saturated rings. The van der Waals surface area contributed by atoms with Crippen molar-refractivity contribution >= 4 is 34.6 Å². The Labute approximate surface area is 167 Å². The molecule has 0 spiro atoms. The van der Waals surface area contributed by atoms with Gasteiger partial charge in [0.1, 0.15) is 5.69 Å². The largest absolute Gasteiger partial charge is 0.383 e. The van der Waals surface area contributed by atoms with Crippen LogP contribution in [0.25, 0.3) is 0 Å². The fourth-order valence-electron chi connectivity index (χ4n) is 2.65. The molecule has 138 valence electrons. The van der Waals surface area contributed by atoms with E-state index in [1.54, 1.807) is 6.07 Å². The van der Waals surface area contributed by atoms with Gasteiger partial charge in [-0.15, -0.1) is 0 Å². The summed E-state index contributed by atoms with van der Waals surface area (Å²) in [5.74, 6) is -0.435. The maximum Gasteiger partial charge on any atom is 0.151 e. The molecule has 1 aliphatic rings. The molecule has 0 atom stereocenters. The lowest BCUT2D eigenvalue weighted by atomic mass is 10.0. The van der Waals surface area contributed by atoms with Crippen LogP contribution in [-0.4, -0.2) is 23.8 Å². The number of rotatable bonds is 1. The van der Waals surface area contributed by atoms with Gasteiger partial charge in [0, 0.05) is 24.0 Å². The molecule has 27 heavy (non-hydrogen) atoms. The topological polar surface area (TPSA) is 37.3 Å². The Morgan fingerprint density at radius 3 is 2.44 bits per heavy atom. The molecule has 0 saturated carbocycles. The Morgan fingerprint density at radius 2 is 1.78 bits per heavy atom. The van der Waals surface area contributed by atoms with Gasteiger partial charge in [-0.05, 0) is 31.2 Å². The van der Waals surface area contributed by atoms with Gasteiger partial charge in [-0.2, -0.15) is 0 Å². The number of benzene rings is 2. The molecule has 1 N–H and O–H groups in total. The minimum absolute atomic E-state index is 0.182. The van der Waals surface area contributed by atoms with Gasteiger partial charge in [-0.3, -0.25) is 9.98 Å². The molecule has 6 heteroatoms. The van der Waals surface area contributed by atoms with E-state index >= 15 is 0 Å². The molecule has 4 rings (SSSR count). The molecular weight excluding hydrogens is 384 g/mol. The maximum absolute atomic E-state index is 14.0. The average molecular weight is 402 g/mol. The summed E-state index contributed by atoms with van der Waals surface area (Å²) in [7, 11) is 0. The smallest absolute Gasteiger partial charge is 0.151 e. The second-order valence-corrected chi connectivity index (χ2v) is 6.71. The van der Waals surface area contributed by atoms with Gasteiger partial charge < -0.3 is 5.32 Å². The Hall–Kier alpha value is -2.43. The Morgan fingerprint density at radius 1 is 1.00 bits per heavy atom. The summed E-state index contributed by atoms with van der Waals surface area (Å²) in [6, 6.07) is 16.7. The third-order valence-corrected chi connectivity index (χ3v) is 4.76. The van der Waals surface area contributed by atoms with E-state index in [1.165, 1.54) is 23.9 Å². The summed E-state index contributed by atoms with van der Waals surface area (Å²) in [5, 5.41) is 3.95. The van der Waals surface area contributed by atoms with Crippen LogP contribution in [0.2, 0.25) is 10.0 Å². The molecule has 1 aromatic heterocycles. The lowest BCUT2D eigenvalue weighted by molar-refractivity contribution is 0.618. The first kappa shape index (κ1) is 19.3. The van der Waals surface area contributed by atoms with E-state index in [9.17, 15) is 4.39 Å². The van der Waals surface area contributed by atoms with E-state index in [0.29, 0.717) is 34.4 Å². The lowest BCUT2D eigenvalue weighted by Gasteiger charge is -2.13. The van der Waals surface area contributed by atoms with Crippen LogP contribution in [0.15, 0.2) is 65.8 Å². The second-order valence-electron chi connectivity index (χ2n) is 5.93. The highest BCUT2D eigenvalue weighted by atomic mass is 35.5. The van der Waals surface area contributed by atoms with Gasteiger partial charge in [0.2, 0.25) is 0 Å². The zero-order valence-electron chi connectivity index (χ0n) is 14.7. The van der Waals surface area contributed by atoms with E-state index in [0.717, 1.165) is 5.69 Å². The number of aryl methyl sites for hydroxylation is 1. The van der Waals surface area contributed by atoms with Crippen molar-refractivity contribution in [2.45, 2.75) is 6.92 Å². The van der Waals surface area contributed by atoms with Crippen LogP contribution in [0, 0.1) is 12.7 Å². The number of hydrogen-bond donors (Lipinski definition) is 1. The van der Waals surface area contributed by atoms with Crippen molar-refractivity contribution in [2.24, 2.45) is 4.99 Å². The van der Waals surface area contributed by atoms with Crippen LogP contribution in [-0.2, 0) is 0 Å². The summed E-state index contributed by atoms with van der Waals surface area (Å²) in [6.45, 7) is 3.23. The summed E-state index contributed by atoms with van der Waals surface area (Å²) in [5.41, 5.74) is 3.30. The fourth-order valence-corrected chi connectivity index (χ4v) is 3.07. The molecule has 0 aliphatic carbocycles. The number of nitrogens with one attached hydrogen (secondary N) is 1. The lowest BCUT2D eigenvalue weighted by Crippen LogP contribution is -2.10. The van der Waals surface area contributed by atoms with E-state index in [-0.39, 0.29) is 5.69 Å². The quantitative estimate of drug-likeness (QED) is 0.560. The van der Waals surface area contributed by atoms with Crippen molar-refractivity contribution in [3.05, 3.63) is 93.5 Å². The molecule has 3 aromatic rings. The third kappa shape index (κ3) is 4.65. The summed E-state index contributed by atoms with van der Waals surface area (Å²) >= 11 is 12.3. The Bertz CT molecular complexity index is 959. The first-order valence-corrected chi connectivity index (χ1v) is 9.22. The Balaban J connectivity index is 0.000000253. The minimum atomic E-state index is -0.435. The van der Waals surface area contributed by atoms with Crippen molar-refractivity contribution in [1.82, 2.24) is 4.98 Å². The molecule has 0 amide bonds. The maximum atomic E-state index is 14.0. The zero-order chi connectivity index (χ0) is 19.2. The van der Waals surface area contributed by atoms with Gasteiger partial charge in [-0.25, -0.2) is 4.39 Å². The van der Waals surface area contributed by atoms with E-state index < -0.39 is 5.82 Å². The standard InChI is InChI=1S/C14H10Cl2FN3.C7H8/c15-8-3-4-10-11(12(8)16)14(20-7-6-18-10)13-9(17)2-1-5-19-13;1-7-5-3-2-4-6-7/h1-5,18H,6-7H2;2-6H,1H3. The molecule has 0 saturated heterocycles. The van der Waals surface area contributed by atoms with Crippen molar-refractivity contribution < 1.29 is 4.39 Å². The first-order valence-electron chi connectivity index (χ1n) is 8.47. The fraction of sp³-hybridized carbons (Fsp3) is 0.143. The van der Waals surface area contributed by atoms with E-state index in [1.807, 2.05) is 24.3 Å². The highest BCUT2D eigenvalue weighted by molar-refractivity contribution is 6.45. The summed E-state index contributed by atoms with van der Waals surface area (Å²) in [4.78, 5) is 8.48. The van der Waals surface area contributed by atoms with Crippen molar-refractivity contribution in [3.8, 4) is 0 Å². The molecule has 0 bridgehead atoms. The molecule has 2 heterocycles. The minimum Gasteiger partial charge on any atom is -0.383 e. The predicted molar refractivity (Wildman–Crippen MR) is 111 cm³/mol. The average Bonchev–Trinajstić information content (AvgIpc) is 2.89. The highest BCUT2D eigenvalue weighted by Crippen LogP contribution is 2.34. The zero-order valence-corrected chi connectivity index (χ0v) is 16.2. The first-order chi connectivity index (χ1) is 13.1. The predicted octanol–water partition coefficient (Wildman–Crippen LogP) is 5.79. The van der Waals surface area contributed by atoms with Crippen LogP contribution in [0.4, 0.5) is 10.1 Å². The van der Waals surface area contributed by atoms with Crippen LogP contribution >= 0.6 is 23.2 Å². The monoisotopic (exact) mass is 401 g/mol. The van der Waals surface area contributed by atoms with Crippen molar-refractivity contribution in [3.63, 3.8) is 0 Å². The number of halogens is 3. The second kappa shape index (κ2) is 8.98. The normalized spacial score (nSPS) is 12.7. The summed E-state index contributed by atoms with van der Waals surface area (Å²) in [6.07, 6.45) is 1.53. The van der Waals surface area contributed by atoms with Crippen LogP contribution < -0.4 is 5.32 Å².